The van der Waals surface area contributed by atoms with Crippen LogP contribution in [-0.4, -0.2) is 26.9 Å². The van der Waals surface area contributed by atoms with Gasteiger partial charge in [0.1, 0.15) is 0 Å². The number of fused-ring (bicyclic) bond motifs is 1. The van der Waals surface area contributed by atoms with E-state index in [1.807, 2.05) is 17.9 Å². The zero-order chi connectivity index (χ0) is 19.7. The van der Waals surface area contributed by atoms with E-state index < -0.39 is 10.0 Å². The Hall–Kier alpha value is -1.66. The van der Waals surface area contributed by atoms with Crippen LogP contribution >= 0.6 is 0 Å². The number of anilines is 1. The van der Waals surface area contributed by atoms with Crippen LogP contribution in [0.2, 0.25) is 0 Å². The van der Waals surface area contributed by atoms with E-state index in [9.17, 15) is 13.2 Å². The first-order valence-corrected chi connectivity index (χ1v) is 12.1. The first-order chi connectivity index (χ1) is 13.5. The van der Waals surface area contributed by atoms with E-state index in [1.54, 1.807) is 12.1 Å². The lowest BCUT2D eigenvalue weighted by Crippen LogP contribution is -2.42. The Morgan fingerprint density at radius 2 is 2.04 bits per heavy atom. The summed E-state index contributed by atoms with van der Waals surface area (Å²) in [5, 5.41) is 0. The predicted molar refractivity (Wildman–Crippen MR) is 111 cm³/mol. The van der Waals surface area contributed by atoms with Crippen molar-refractivity contribution in [3.05, 3.63) is 35.4 Å². The maximum Gasteiger partial charge on any atom is 0.240 e. The minimum Gasteiger partial charge on any atom is -0.309 e. The van der Waals surface area contributed by atoms with E-state index >= 15 is 0 Å². The normalized spacial score (nSPS) is 22.5. The number of hydrogen-bond donors (Lipinski definition) is 1. The number of rotatable bonds is 6. The van der Waals surface area contributed by atoms with Crippen molar-refractivity contribution in [2.24, 2.45) is 5.92 Å². The van der Waals surface area contributed by atoms with Crippen molar-refractivity contribution in [2.75, 3.05) is 11.4 Å². The summed E-state index contributed by atoms with van der Waals surface area (Å²) < 4.78 is 28.2. The highest BCUT2D eigenvalue weighted by atomic mass is 32.2. The molecule has 1 saturated carbocycles. The number of carbonyl (C=O) groups is 1. The van der Waals surface area contributed by atoms with E-state index in [0.29, 0.717) is 17.9 Å². The zero-order valence-electron chi connectivity index (χ0n) is 16.6. The maximum absolute atomic E-state index is 12.8. The number of hydrogen-bond acceptors (Lipinski definition) is 3. The number of nitrogens with zero attached hydrogens (tertiary/aromatic N) is 1. The van der Waals surface area contributed by atoms with E-state index in [2.05, 4.69) is 10.8 Å². The minimum absolute atomic E-state index is 0.0900. The molecule has 0 radical (unpaired) electrons. The standard InChI is InChI=1S/C22H30N2O3S/c1-16-14-19-15-20(10-11-21(19)24(16)22(25)18-8-5-9-18)28(26,27)23-13-12-17-6-3-2-4-7-17/h6,10-11,15-16,18,23H,2-5,7-9,12-14H2,1H3/t16-/m1/s1. The van der Waals surface area contributed by atoms with E-state index in [-0.39, 0.29) is 17.9 Å². The Morgan fingerprint density at radius 1 is 1.21 bits per heavy atom. The SMILES string of the molecule is C[C@@H]1Cc2cc(S(=O)(=O)NCCC3=CCCCC3)ccc2N1C(=O)C1CCC1. The third-order valence-corrected chi connectivity index (χ3v) is 7.85. The first-order valence-electron chi connectivity index (χ1n) is 10.6. The third kappa shape index (κ3) is 3.90. The number of benzene rings is 1. The Bertz CT molecular complexity index is 887. The highest BCUT2D eigenvalue weighted by Gasteiger charge is 2.37. The first kappa shape index (κ1) is 19.6. The monoisotopic (exact) mass is 402 g/mol. The number of sulfonamides is 1. The van der Waals surface area contributed by atoms with Crippen LogP contribution in [0.3, 0.4) is 0 Å². The quantitative estimate of drug-likeness (QED) is 0.733. The Kier molecular flexibility index (Phi) is 5.61. The van der Waals surface area contributed by atoms with Crippen LogP contribution in [0.5, 0.6) is 0 Å². The minimum atomic E-state index is -3.53. The molecule has 2 aliphatic carbocycles. The van der Waals surface area contributed by atoms with Crippen LogP contribution in [0.1, 0.15) is 63.9 Å². The summed E-state index contributed by atoms with van der Waals surface area (Å²) in [5.74, 6) is 0.347. The summed E-state index contributed by atoms with van der Waals surface area (Å²) in [6.07, 6.45) is 11.5. The molecule has 1 amide bonds. The van der Waals surface area contributed by atoms with Gasteiger partial charge < -0.3 is 4.90 Å². The van der Waals surface area contributed by atoms with Crippen molar-refractivity contribution >= 4 is 21.6 Å². The van der Waals surface area contributed by atoms with Gasteiger partial charge in [-0.25, -0.2) is 13.1 Å². The molecule has 3 aliphatic rings. The second-order valence-corrected chi connectivity index (χ2v) is 10.2. The maximum atomic E-state index is 12.8. The topological polar surface area (TPSA) is 66.5 Å². The van der Waals surface area contributed by atoms with Crippen molar-refractivity contribution in [3.8, 4) is 0 Å². The molecule has 0 unspecified atom stereocenters. The van der Waals surface area contributed by atoms with Crippen LogP contribution in [0.15, 0.2) is 34.7 Å². The highest BCUT2D eigenvalue weighted by Crippen LogP contribution is 2.38. The zero-order valence-corrected chi connectivity index (χ0v) is 17.4. The summed E-state index contributed by atoms with van der Waals surface area (Å²) in [7, 11) is -3.53. The van der Waals surface area contributed by atoms with Crippen molar-refractivity contribution in [1.29, 1.82) is 0 Å². The summed E-state index contributed by atoms with van der Waals surface area (Å²) in [5.41, 5.74) is 3.20. The Morgan fingerprint density at radius 3 is 2.71 bits per heavy atom. The molecule has 1 N–H and O–H groups in total. The van der Waals surface area contributed by atoms with Crippen molar-refractivity contribution in [1.82, 2.24) is 4.72 Å². The Labute approximate surface area is 168 Å². The molecule has 5 nitrogen and oxygen atoms in total. The van der Waals surface area contributed by atoms with Crippen LogP contribution in [0.25, 0.3) is 0 Å². The summed E-state index contributed by atoms with van der Waals surface area (Å²) in [6, 6.07) is 5.29. The van der Waals surface area contributed by atoms with E-state index in [1.165, 1.54) is 18.4 Å². The van der Waals surface area contributed by atoms with Gasteiger partial charge in [0.15, 0.2) is 0 Å². The fraction of sp³-hybridized carbons (Fsp3) is 0.591. The van der Waals surface area contributed by atoms with Gasteiger partial charge in [0.05, 0.1) is 4.90 Å². The lowest BCUT2D eigenvalue weighted by Gasteiger charge is -2.32. The smallest absolute Gasteiger partial charge is 0.240 e. The molecule has 1 aromatic carbocycles. The average Bonchev–Trinajstić information content (AvgIpc) is 2.95. The van der Waals surface area contributed by atoms with Crippen LogP contribution in [-0.2, 0) is 21.2 Å². The van der Waals surface area contributed by atoms with Crippen molar-refractivity contribution < 1.29 is 13.2 Å². The predicted octanol–water partition coefficient (Wildman–Crippen LogP) is 3.93. The van der Waals surface area contributed by atoms with Crippen LogP contribution in [0.4, 0.5) is 5.69 Å². The van der Waals surface area contributed by atoms with Gasteiger partial charge in [-0.05, 0) is 82.1 Å². The fourth-order valence-corrected chi connectivity index (χ4v) is 5.61. The van der Waals surface area contributed by atoms with Gasteiger partial charge in [-0.15, -0.1) is 0 Å². The van der Waals surface area contributed by atoms with Gasteiger partial charge in [0.25, 0.3) is 0 Å². The van der Waals surface area contributed by atoms with Crippen molar-refractivity contribution in [2.45, 2.75) is 75.6 Å². The molecule has 1 aliphatic heterocycles. The summed E-state index contributed by atoms with van der Waals surface area (Å²) in [6.45, 7) is 2.48. The molecule has 1 aromatic rings. The summed E-state index contributed by atoms with van der Waals surface area (Å²) >= 11 is 0. The average molecular weight is 403 g/mol. The second-order valence-electron chi connectivity index (χ2n) is 8.44. The molecule has 0 bridgehead atoms. The molecule has 28 heavy (non-hydrogen) atoms. The summed E-state index contributed by atoms with van der Waals surface area (Å²) in [4.78, 5) is 15.0. The molecular weight excluding hydrogens is 372 g/mol. The van der Waals surface area contributed by atoms with Gasteiger partial charge in [-0.1, -0.05) is 18.1 Å². The molecule has 152 valence electrons. The number of allylic oxidation sites excluding steroid dienone is 1. The number of carbonyl (C=O) groups excluding carboxylic acids is 1. The van der Waals surface area contributed by atoms with Crippen LogP contribution in [0, 0.1) is 5.92 Å². The molecule has 4 rings (SSSR count). The molecular formula is C22H30N2O3S. The van der Waals surface area contributed by atoms with Gasteiger partial charge in [-0.3, -0.25) is 4.79 Å². The van der Waals surface area contributed by atoms with Gasteiger partial charge >= 0.3 is 0 Å². The molecule has 0 spiro atoms. The largest absolute Gasteiger partial charge is 0.309 e. The number of amides is 1. The molecule has 1 atom stereocenters. The van der Waals surface area contributed by atoms with Gasteiger partial charge in [-0.2, -0.15) is 0 Å². The van der Waals surface area contributed by atoms with Crippen LogP contribution < -0.4 is 9.62 Å². The molecule has 6 heteroatoms. The van der Waals surface area contributed by atoms with E-state index in [0.717, 1.165) is 49.8 Å². The fourth-order valence-electron chi connectivity index (χ4n) is 4.52. The molecule has 0 saturated heterocycles. The highest BCUT2D eigenvalue weighted by molar-refractivity contribution is 7.89. The lowest BCUT2D eigenvalue weighted by molar-refractivity contribution is -0.125. The van der Waals surface area contributed by atoms with Gasteiger partial charge in [0, 0.05) is 24.2 Å². The molecule has 1 fully saturated rings. The number of nitrogens with one attached hydrogen (secondary N) is 1. The van der Waals surface area contributed by atoms with Gasteiger partial charge in [0.2, 0.25) is 15.9 Å². The Balaban J connectivity index is 1.45. The second kappa shape index (κ2) is 7.99. The third-order valence-electron chi connectivity index (χ3n) is 6.39. The molecule has 1 heterocycles. The van der Waals surface area contributed by atoms with E-state index in [4.69, 9.17) is 0 Å². The lowest BCUT2D eigenvalue weighted by atomic mass is 9.84. The molecule has 0 aromatic heterocycles. The van der Waals surface area contributed by atoms with Crippen molar-refractivity contribution in [3.63, 3.8) is 0 Å².